The summed E-state index contributed by atoms with van der Waals surface area (Å²) >= 11 is 0. The van der Waals surface area contributed by atoms with Gasteiger partial charge >= 0.3 is 6.03 Å². The fraction of sp³-hybridized carbons (Fsp3) is 0.833. The van der Waals surface area contributed by atoms with Crippen LogP contribution in [-0.4, -0.2) is 103 Å². The van der Waals surface area contributed by atoms with Crippen LogP contribution in [0.2, 0.25) is 0 Å². The number of urea groups is 1. The molecule has 286 valence electrons. The summed E-state index contributed by atoms with van der Waals surface area (Å²) in [6.45, 7) is 24.7. The molecule has 1 heterocycles. The summed E-state index contributed by atoms with van der Waals surface area (Å²) in [4.78, 5) is 79.9. The fourth-order valence-electron chi connectivity index (χ4n) is 5.06. The molecule has 0 aromatic carbocycles. The molecular formula is C36H70N6O7. The second-order valence-electron chi connectivity index (χ2n) is 13.7. The van der Waals surface area contributed by atoms with E-state index in [-0.39, 0.29) is 36.8 Å². The third-order valence-corrected chi connectivity index (χ3v) is 8.00. The molecule has 1 aliphatic heterocycles. The van der Waals surface area contributed by atoms with Gasteiger partial charge in [-0.3, -0.25) is 24.0 Å². The van der Waals surface area contributed by atoms with E-state index in [4.69, 9.17) is 10.5 Å². The maximum atomic E-state index is 13.9. The van der Waals surface area contributed by atoms with Crippen molar-refractivity contribution < 1.29 is 33.5 Å². The predicted octanol–water partition coefficient (Wildman–Crippen LogP) is 3.88. The van der Waals surface area contributed by atoms with Crippen LogP contribution in [-0.2, 0) is 28.7 Å². The number of amides is 6. The summed E-state index contributed by atoms with van der Waals surface area (Å²) in [7, 11) is 1.54. The van der Waals surface area contributed by atoms with E-state index >= 15 is 0 Å². The molecule has 2 rings (SSSR count). The minimum absolute atomic E-state index is 0.0392. The maximum absolute atomic E-state index is 13.9. The largest absolute Gasteiger partial charge is 0.383 e. The highest BCUT2D eigenvalue weighted by atomic mass is 16.5. The van der Waals surface area contributed by atoms with E-state index in [1.807, 2.05) is 34.6 Å². The highest BCUT2D eigenvalue weighted by Crippen LogP contribution is 2.35. The standard InChI is InChI=1S/C28H48N6O7.2C3H8.C2H6/c1-8-33(11-12-41-7)20(35)14-30-27(40)32-23(28(4,5)6)26(39)34-15-16(2)17(3)21(34)25(38)31-19(13-18-9-10-18)22(36)24(29)37;2*1-3-2;1-2/h16-19,21,23H,8-15H2,1-7H3,(H2,29,37)(H,31,38)(H2,30,32,40);2*3H2,1-2H3;1-2H3. The quantitative estimate of drug-likeness (QED) is 0.199. The van der Waals surface area contributed by atoms with Crippen molar-refractivity contribution >= 4 is 35.4 Å². The van der Waals surface area contributed by atoms with Gasteiger partial charge in [-0.05, 0) is 36.5 Å². The lowest BCUT2D eigenvalue weighted by Crippen LogP contribution is -2.61. The van der Waals surface area contributed by atoms with Crippen LogP contribution in [0.25, 0.3) is 0 Å². The molecule has 1 saturated heterocycles. The van der Waals surface area contributed by atoms with E-state index < -0.39 is 53.1 Å². The topological polar surface area (TPSA) is 180 Å². The van der Waals surface area contributed by atoms with Crippen LogP contribution in [0, 0.1) is 23.2 Å². The van der Waals surface area contributed by atoms with Gasteiger partial charge in [0.15, 0.2) is 0 Å². The van der Waals surface area contributed by atoms with Crippen LogP contribution in [0.4, 0.5) is 4.79 Å². The predicted molar refractivity (Wildman–Crippen MR) is 194 cm³/mol. The molecule has 1 aliphatic carbocycles. The van der Waals surface area contributed by atoms with E-state index in [1.165, 1.54) is 24.9 Å². The summed E-state index contributed by atoms with van der Waals surface area (Å²) in [5.41, 5.74) is 4.49. The van der Waals surface area contributed by atoms with Crippen molar-refractivity contribution in [1.29, 1.82) is 0 Å². The first-order chi connectivity index (χ1) is 22.9. The van der Waals surface area contributed by atoms with Gasteiger partial charge in [0.1, 0.15) is 12.1 Å². The average molecular weight is 699 g/mol. The Kier molecular flexibility index (Phi) is 24.3. The molecule has 5 atom stereocenters. The number of nitrogens with two attached hydrogens (primary N) is 1. The zero-order valence-corrected chi connectivity index (χ0v) is 32.9. The van der Waals surface area contributed by atoms with Crippen molar-refractivity contribution in [3.63, 3.8) is 0 Å². The van der Waals surface area contributed by atoms with E-state index in [2.05, 4.69) is 43.6 Å². The fourth-order valence-corrected chi connectivity index (χ4v) is 5.06. The number of ether oxygens (including phenoxy) is 1. The van der Waals surface area contributed by atoms with Crippen molar-refractivity contribution in [3.8, 4) is 0 Å². The lowest BCUT2D eigenvalue weighted by molar-refractivity contribution is -0.144. The van der Waals surface area contributed by atoms with E-state index in [0.717, 1.165) is 12.8 Å². The van der Waals surface area contributed by atoms with Gasteiger partial charge in [-0.1, -0.05) is 102 Å². The van der Waals surface area contributed by atoms with Crippen molar-refractivity contribution in [3.05, 3.63) is 0 Å². The monoisotopic (exact) mass is 699 g/mol. The molecule has 49 heavy (non-hydrogen) atoms. The van der Waals surface area contributed by atoms with Gasteiger partial charge in [-0.25, -0.2) is 4.79 Å². The molecule has 0 radical (unpaired) electrons. The first-order valence-electron chi connectivity index (χ1n) is 18.2. The number of nitrogens with zero attached hydrogens (tertiary/aromatic N) is 2. The van der Waals surface area contributed by atoms with E-state index in [0.29, 0.717) is 26.1 Å². The number of hydrogen-bond donors (Lipinski definition) is 4. The SMILES string of the molecule is CC.CCC.CCC.CCN(CCOC)C(=O)CNC(=O)NC(C(=O)N1CC(C)C(C)C1C(=O)NC(CC1CC1)C(=O)C(N)=O)C(C)(C)C. The molecule has 2 aliphatic rings. The van der Waals surface area contributed by atoms with Crippen molar-refractivity contribution in [2.75, 3.05) is 39.9 Å². The number of methoxy groups -OCH3 is 1. The maximum Gasteiger partial charge on any atom is 0.315 e. The number of nitrogens with one attached hydrogen (secondary N) is 3. The molecule has 5 unspecified atom stereocenters. The first-order valence-corrected chi connectivity index (χ1v) is 18.2. The van der Waals surface area contributed by atoms with Crippen LogP contribution in [0.5, 0.6) is 0 Å². The Labute approximate surface area is 296 Å². The number of likely N-dealkylation sites (tertiary alicyclic amines) is 1. The Hall–Kier alpha value is -3.22. The molecule has 13 nitrogen and oxygen atoms in total. The van der Waals surface area contributed by atoms with Gasteiger partial charge in [-0.15, -0.1) is 0 Å². The Morgan fingerprint density at radius 1 is 0.939 bits per heavy atom. The molecule has 0 aromatic rings. The Morgan fingerprint density at radius 3 is 1.90 bits per heavy atom. The molecule has 13 heteroatoms. The lowest BCUT2D eigenvalue weighted by atomic mass is 9.85. The molecule has 0 bridgehead atoms. The first kappa shape index (κ1) is 47.9. The molecule has 0 spiro atoms. The lowest BCUT2D eigenvalue weighted by Gasteiger charge is -2.36. The van der Waals surface area contributed by atoms with Crippen molar-refractivity contribution in [2.24, 2.45) is 28.9 Å². The smallest absolute Gasteiger partial charge is 0.315 e. The number of carbonyl (C=O) groups excluding carboxylic acids is 6. The summed E-state index contributed by atoms with van der Waals surface area (Å²) < 4.78 is 5.02. The molecule has 0 aromatic heterocycles. The van der Waals surface area contributed by atoms with Crippen molar-refractivity contribution in [1.82, 2.24) is 25.8 Å². The Balaban J connectivity index is 0. The molecular weight excluding hydrogens is 628 g/mol. The van der Waals surface area contributed by atoms with Crippen LogP contribution >= 0.6 is 0 Å². The number of rotatable bonds is 14. The number of ketones is 1. The van der Waals surface area contributed by atoms with Crippen LogP contribution in [0.3, 0.4) is 0 Å². The number of primary amides is 1. The van der Waals surface area contributed by atoms with Gasteiger partial charge in [0.25, 0.3) is 5.91 Å². The third-order valence-electron chi connectivity index (χ3n) is 8.00. The molecule has 1 saturated carbocycles. The van der Waals surface area contributed by atoms with Crippen LogP contribution in [0.15, 0.2) is 0 Å². The van der Waals surface area contributed by atoms with Crippen LogP contribution < -0.4 is 21.7 Å². The number of likely N-dealkylation sites (N-methyl/N-ethyl adjacent to an activating group) is 1. The summed E-state index contributed by atoms with van der Waals surface area (Å²) in [6, 6.07) is -3.66. The zero-order chi connectivity index (χ0) is 38.5. The minimum atomic E-state index is -1.11. The normalized spacial score (nSPS) is 19.2. The number of carbonyl (C=O) groups is 6. The second-order valence-corrected chi connectivity index (χ2v) is 13.7. The van der Waals surface area contributed by atoms with E-state index in [1.54, 1.807) is 25.7 Å². The molecule has 5 N–H and O–H groups in total. The van der Waals surface area contributed by atoms with Gasteiger partial charge in [0.05, 0.1) is 19.2 Å². The van der Waals surface area contributed by atoms with Gasteiger partial charge in [-0.2, -0.15) is 0 Å². The highest BCUT2D eigenvalue weighted by molar-refractivity contribution is 6.37. The van der Waals surface area contributed by atoms with Gasteiger partial charge < -0.3 is 36.2 Å². The van der Waals surface area contributed by atoms with Gasteiger partial charge in [0, 0.05) is 26.7 Å². The third kappa shape index (κ3) is 17.3. The summed E-state index contributed by atoms with van der Waals surface area (Å²) in [6.07, 6.45) is 4.65. The summed E-state index contributed by atoms with van der Waals surface area (Å²) in [5, 5.41) is 7.93. The second kappa shape index (κ2) is 24.8. The molecule has 6 amide bonds. The average Bonchev–Trinajstić information content (AvgIpc) is 3.81. The Bertz CT molecular complexity index is 1030. The van der Waals surface area contributed by atoms with Crippen LogP contribution in [0.1, 0.15) is 115 Å². The minimum Gasteiger partial charge on any atom is -0.383 e. The Morgan fingerprint density at radius 2 is 1.47 bits per heavy atom. The number of hydrogen-bond acceptors (Lipinski definition) is 7. The van der Waals surface area contributed by atoms with Crippen molar-refractivity contribution in [2.45, 2.75) is 133 Å². The highest BCUT2D eigenvalue weighted by Gasteiger charge is 2.48. The summed E-state index contributed by atoms with van der Waals surface area (Å²) in [5.74, 6) is -3.29. The van der Waals surface area contributed by atoms with Gasteiger partial charge in [0.2, 0.25) is 23.5 Å². The van der Waals surface area contributed by atoms with E-state index in [9.17, 15) is 28.8 Å². The zero-order valence-electron chi connectivity index (χ0n) is 32.9. The molecule has 2 fully saturated rings. The number of Topliss-reactive ketones (excluding diaryl/α,β-unsaturated/α-hetero) is 1.